The Labute approximate surface area is 50.2 Å². The Kier molecular flexibility index (Phi) is 4.21. The van der Waals surface area contributed by atoms with Crippen LogP contribution in [-0.4, -0.2) is 0 Å². The van der Waals surface area contributed by atoms with Crippen molar-refractivity contribution < 1.29 is 0 Å². The van der Waals surface area contributed by atoms with Crippen LogP contribution in [-0.2, 0) is 0 Å². The maximum atomic E-state index is 5.63. The van der Waals surface area contributed by atoms with Crippen LogP contribution in [0.5, 0.6) is 0 Å². The fourth-order valence-electron chi connectivity index (χ4n) is 0.383. The van der Waals surface area contributed by atoms with E-state index >= 15 is 0 Å². The van der Waals surface area contributed by atoms with E-state index in [1.165, 1.54) is 0 Å². The highest BCUT2D eigenvalue weighted by Gasteiger charge is 1.82. The molecule has 0 spiro atoms. The second-order valence-electron chi connectivity index (χ2n) is 1.49. The highest BCUT2D eigenvalue weighted by Crippen LogP contribution is 2.07. The van der Waals surface area contributed by atoms with Gasteiger partial charge in [-0.3, -0.25) is 0 Å². The molecule has 0 fully saturated rings. The van der Waals surface area contributed by atoms with Gasteiger partial charge in [0, 0.05) is 5.03 Å². The molecule has 0 saturated heterocycles. The molecule has 0 amide bonds. The number of rotatable bonds is 2. The standard InChI is InChI=1S/C6H11Cl/c1-3-5-6(7)4-2/h4H,3,5H2,1-2H3. The Morgan fingerprint density at radius 2 is 2.29 bits per heavy atom. The Balaban J connectivity index is 3.17. The summed E-state index contributed by atoms with van der Waals surface area (Å²) in [6, 6.07) is 0. The minimum atomic E-state index is 0.975. The first-order chi connectivity index (χ1) is 3.31. The predicted molar refractivity (Wildman–Crippen MR) is 34.5 cm³/mol. The van der Waals surface area contributed by atoms with Crippen molar-refractivity contribution in [1.29, 1.82) is 0 Å². The zero-order valence-corrected chi connectivity index (χ0v) is 5.63. The molecule has 0 nitrogen and oxygen atoms in total. The first-order valence-electron chi connectivity index (χ1n) is 2.62. The molecule has 0 atom stereocenters. The van der Waals surface area contributed by atoms with Gasteiger partial charge in [-0.15, -0.1) is 0 Å². The van der Waals surface area contributed by atoms with Crippen molar-refractivity contribution in [2.75, 3.05) is 0 Å². The summed E-state index contributed by atoms with van der Waals surface area (Å²) < 4.78 is 0. The van der Waals surface area contributed by atoms with E-state index in [9.17, 15) is 0 Å². The summed E-state index contributed by atoms with van der Waals surface area (Å²) in [4.78, 5) is 0. The van der Waals surface area contributed by atoms with Crippen molar-refractivity contribution >= 4 is 11.6 Å². The van der Waals surface area contributed by atoms with Gasteiger partial charge < -0.3 is 0 Å². The van der Waals surface area contributed by atoms with Gasteiger partial charge in [-0.2, -0.15) is 0 Å². The topological polar surface area (TPSA) is 0 Å². The molecule has 0 unspecified atom stereocenters. The van der Waals surface area contributed by atoms with E-state index in [1.54, 1.807) is 0 Å². The molecule has 0 heterocycles. The molecular weight excluding hydrogens is 108 g/mol. The zero-order chi connectivity index (χ0) is 5.70. The van der Waals surface area contributed by atoms with Crippen molar-refractivity contribution in [2.45, 2.75) is 26.7 Å². The van der Waals surface area contributed by atoms with Gasteiger partial charge in [0.25, 0.3) is 0 Å². The normalized spacial score (nSPS) is 12.1. The van der Waals surface area contributed by atoms with Crippen LogP contribution < -0.4 is 0 Å². The lowest BCUT2D eigenvalue weighted by atomic mass is 10.3. The van der Waals surface area contributed by atoms with Crippen molar-refractivity contribution in [3.8, 4) is 0 Å². The summed E-state index contributed by atoms with van der Waals surface area (Å²) in [7, 11) is 0. The van der Waals surface area contributed by atoms with Crippen LogP contribution in [0, 0.1) is 0 Å². The number of hydrogen-bond acceptors (Lipinski definition) is 0. The molecule has 0 aliphatic heterocycles. The molecule has 7 heavy (non-hydrogen) atoms. The van der Waals surface area contributed by atoms with Gasteiger partial charge in [-0.05, 0) is 13.3 Å². The van der Waals surface area contributed by atoms with Gasteiger partial charge >= 0.3 is 0 Å². The maximum Gasteiger partial charge on any atom is 0.0138 e. The molecule has 0 aromatic carbocycles. The third-order valence-corrected chi connectivity index (χ3v) is 1.21. The van der Waals surface area contributed by atoms with Crippen molar-refractivity contribution in [3.63, 3.8) is 0 Å². The third kappa shape index (κ3) is 3.87. The van der Waals surface area contributed by atoms with Crippen molar-refractivity contribution in [2.24, 2.45) is 0 Å². The summed E-state index contributed by atoms with van der Waals surface area (Å²) in [5, 5.41) is 0.975. The average molecular weight is 119 g/mol. The Hall–Kier alpha value is 0.0300. The average Bonchev–Trinajstić information content (AvgIpc) is 1.68. The monoisotopic (exact) mass is 118 g/mol. The molecule has 0 aromatic heterocycles. The van der Waals surface area contributed by atoms with Crippen LogP contribution in [0.1, 0.15) is 26.7 Å². The van der Waals surface area contributed by atoms with Gasteiger partial charge in [0.2, 0.25) is 0 Å². The molecule has 0 radical (unpaired) electrons. The lowest BCUT2D eigenvalue weighted by Crippen LogP contribution is -1.66. The van der Waals surface area contributed by atoms with E-state index in [0.29, 0.717) is 0 Å². The summed E-state index contributed by atoms with van der Waals surface area (Å²) in [5.74, 6) is 0. The number of hydrogen-bond donors (Lipinski definition) is 0. The Morgan fingerprint density at radius 1 is 1.71 bits per heavy atom. The van der Waals surface area contributed by atoms with E-state index in [0.717, 1.165) is 17.9 Å². The van der Waals surface area contributed by atoms with Gasteiger partial charge in [-0.25, -0.2) is 0 Å². The summed E-state index contributed by atoms with van der Waals surface area (Å²) >= 11 is 5.63. The lowest BCUT2D eigenvalue weighted by molar-refractivity contribution is 0.943. The Morgan fingerprint density at radius 3 is 2.43 bits per heavy atom. The lowest BCUT2D eigenvalue weighted by Gasteiger charge is -1.88. The smallest absolute Gasteiger partial charge is 0.0138 e. The van der Waals surface area contributed by atoms with Gasteiger partial charge in [0.1, 0.15) is 0 Å². The van der Waals surface area contributed by atoms with E-state index in [1.807, 2.05) is 13.0 Å². The summed E-state index contributed by atoms with van der Waals surface area (Å²) in [5.41, 5.74) is 0. The van der Waals surface area contributed by atoms with Crippen molar-refractivity contribution in [3.05, 3.63) is 11.1 Å². The van der Waals surface area contributed by atoms with Gasteiger partial charge in [0.05, 0.1) is 0 Å². The molecule has 0 N–H and O–H groups in total. The minimum Gasteiger partial charge on any atom is -0.0895 e. The van der Waals surface area contributed by atoms with E-state index < -0.39 is 0 Å². The predicted octanol–water partition coefficient (Wildman–Crippen LogP) is 2.93. The first-order valence-corrected chi connectivity index (χ1v) is 2.99. The summed E-state index contributed by atoms with van der Waals surface area (Å²) in [6.45, 7) is 4.07. The van der Waals surface area contributed by atoms with E-state index in [2.05, 4.69) is 6.92 Å². The fourth-order valence-corrected chi connectivity index (χ4v) is 0.572. The molecular formula is C6H11Cl. The minimum absolute atomic E-state index is 0.975. The van der Waals surface area contributed by atoms with Crippen LogP contribution in [0.25, 0.3) is 0 Å². The number of allylic oxidation sites excluding steroid dienone is 2. The quantitative estimate of drug-likeness (QED) is 0.523. The number of halogens is 1. The largest absolute Gasteiger partial charge is 0.0895 e. The molecule has 42 valence electrons. The second-order valence-corrected chi connectivity index (χ2v) is 1.97. The van der Waals surface area contributed by atoms with Crippen LogP contribution in [0.15, 0.2) is 11.1 Å². The molecule has 0 saturated carbocycles. The van der Waals surface area contributed by atoms with Crippen LogP contribution >= 0.6 is 11.6 Å². The van der Waals surface area contributed by atoms with E-state index in [-0.39, 0.29) is 0 Å². The highest BCUT2D eigenvalue weighted by molar-refractivity contribution is 6.29. The highest BCUT2D eigenvalue weighted by atomic mass is 35.5. The molecule has 1 heteroatoms. The summed E-state index contributed by atoms with van der Waals surface area (Å²) in [6.07, 6.45) is 4.10. The van der Waals surface area contributed by atoms with Gasteiger partial charge in [0.15, 0.2) is 0 Å². The third-order valence-electron chi connectivity index (χ3n) is 0.802. The second kappa shape index (κ2) is 4.20. The van der Waals surface area contributed by atoms with Gasteiger partial charge in [-0.1, -0.05) is 31.0 Å². The SMILES string of the molecule is CC=C(Cl)CCC. The molecule has 0 aromatic rings. The van der Waals surface area contributed by atoms with Crippen LogP contribution in [0.4, 0.5) is 0 Å². The van der Waals surface area contributed by atoms with E-state index in [4.69, 9.17) is 11.6 Å². The van der Waals surface area contributed by atoms with Crippen LogP contribution in [0.2, 0.25) is 0 Å². The first kappa shape index (κ1) is 7.03. The molecule has 0 aliphatic rings. The Bertz CT molecular complexity index is 64.6. The molecule has 0 aliphatic carbocycles. The van der Waals surface area contributed by atoms with Crippen LogP contribution in [0.3, 0.4) is 0 Å². The maximum absolute atomic E-state index is 5.63. The fraction of sp³-hybridized carbons (Fsp3) is 0.667. The zero-order valence-electron chi connectivity index (χ0n) is 4.87. The van der Waals surface area contributed by atoms with Crippen molar-refractivity contribution in [1.82, 2.24) is 0 Å². The molecule has 0 bridgehead atoms. The molecule has 0 rings (SSSR count).